The van der Waals surface area contributed by atoms with Crippen molar-refractivity contribution in [2.24, 2.45) is 0 Å². The van der Waals surface area contributed by atoms with E-state index >= 15 is 0 Å². The Balaban J connectivity index is 2.13. The molecule has 1 fully saturated rings. The maximum absolute atomic E-state index is 9.73. The van der Waals surface area contributed by atoms with E-state index in [1.54, 1.807) is 0 Å². The first-order valence-electron chi connectivity index (χ1n) is 5.85. The summed E-state index contributed by atoms with van der Waals surface area (Å²) in [6, 6.07) is 5.58. The Labute approximate surface area is 101 Å². The predicted octanol–water partition coefficient (Wildman–Crippen LogP) is -0.452. The Morgan fingerprint density at radius 3 is 2.88 bits per heavy atom. The van der Waals surface area contributed by atoms with Crippen LogP contribution in [0.3, 0.4) is 0 Å². The van der Waals surface area contributed by atoms with E-state index < -0.39 is 0 Å². The summed E-state index contributed by atoms with van der Waals surface area (Å²) in [5, 5.41) is 25.2. The highest BCUT2D eigenvalue weighted by Crippen LogP contribution is 2.21. The first-order valence-corrected chi connectivity index (χ1v) is 5.85. The summed E-state index contributed by atoms with van der Waals surface area (Å²) in [5.41, 5.74) is 8.32. The molecule has 0 aliphatic carbocycles. The maximum atomic E-state index is 9.73. The Hall–Kier alpha value is -1.30. The van der Waals surface area contributed by atoms with Crippen molar-refractivity contribution in [3.63, 3.8) is 0 Å². The van der Waals surface area contributed by atoms with Gasteiger partial charge in [-0.3, -0.25) is 0 Å². The number of nitrogen functional groups attached to an aromatic ring is 1. The molecule has 0 radical (unpaired) electrons. The van der Waals surface area contributed by atoms with Crippen LogP contribution in [-0.2, 0) is 6.42 Å². The average molecular weight is 237 g/mol. The standard InChI is InChI=1S/C12H19N3O2/c13-9-1-2-10(8(5-9)3-4-16)15-11-6-14-7-12(11)17/h1-2,5,11-12,14-17H,3-4,6-7,13H2. The maximum Gasteiger partial charge on any atom is 0.0877 e. The first-order chi connectivity index (χ1) is 8.20. The van der Waals surface area contributed by atoms with Gasteiger partial charge in [-0.1, -0.05) is 0 Å². The molecule has 6 N–H and O–H groups in total. The Morgan fingerprint density at radius 2 is 2.24 bits per heavy atom. The average Bonchev–Trinajstić information content (AvgIpc) is 2.69. The molecule has 1 saturated heterocycles. The van der Waals surface area contributed by atoms with Crippen molar-refractivity contribution in [1.82, 2.24) is 5.32 Å². The summed E-state index contributed by atoms with van der Waals surface area (Å²) >= 11 is 0. The molecule has 1 heterocycles. The molecule has 17 heavy (non-hydrogen) atoms. The van der Waals surface area contributed by atoms with Gasteiger partial charge in [0.1, 0.15) is 0 Å². The number of hydrogen-bond acceptors (Lipinski definition) is 5. The van der Waals surface area contributed by atoms with Crippen molar-refractivity contribution in [2.45, 2.75) is 18.6 Å². The topological polar surface area (TPSA) is 90.5 Å². The highest BCUT2D eigenvalue weighted by atomic mass is 16.3. The number of nitrogens with one attached hydrogen (secondary N) is 2. The predicted molar refractivity (Wildman–Crippen MR) is 67.9 cm³/mol. The van der Waals surface area contributed by atoms with Gasteiger partial charge in [-0.15, -0.1) is 0 Å². The highest BCUT2D eigenvalue weighted by Gasteiger charge is 2.24. The fourth-order valence-electron chi connectivity index (χ4n) is 2.09. The molecule has 1 aliphatic heterocycles. The zero-order chi connectivity index (χ0) is 12.3. The Morgan fingerprint density at radius 1 is 1.41 bits per heavy atom. The van der Waals surface area contributed by atoms with Crippen LogP contribution in [0, 0.1) is 0 Å². The third kappa shape index (κ3) is 2.88. The number of rotatable bonds is 4. The third-order valence-electron chi connectivity index (χ3n) is 3.03. The minimum atomic E-state index is -0.380. The van der Waals surface area contributed by atoms with E-state index in [1.165, 1.54) is 0 Å². The summed E-state index contributed by atoms with van der Waals surface area (Å²) in [4.78, 5) is 0. The van der Waals surface area contributed by atoms with Gasteiger partial charge in [-0.25, -0.2) is 0 Å². The van der Waals surface area contributed by atoms with Crippen LogP contribution in [-0.4, -0.2) is 42.1 Å². The molecule has 5 heteroatoms. The molecule has 2 atom stereocenters. The second kappa shape index (κ2) is 5.35. The largest absolute Gasteiger partial charge is 0.399 e. The van der Waals surface area contributed by atoms with Crippen LogP contribution in [0.2, 0.25) is 0 Å². The van der Waals surface area contributed by atoms with Gasteiger partial charge in [0, 0.05) is 31.1 Å². The summed E-state index contributed by atoms with van der Waals surface area (Å²) in [6.07, 6.45) is 0.179. The second-order valence-corrected chi connectivity index (χ2v) is 4.37. The number of hydrogen-bond donors (Lipinski definition) is 5. The lowest BCUT2D eigenvalue weighted by Crippen LogP contribution is -2.32. The minimum absolute atomic E-state index is 0.0102. The Kier molecular flexibility index (Phi) is 3.83. The number of aliphatic hydroxyl groups excluding tert-OH is 2. The zero-order valence-electron chi connectivity index (χ0n) is 9.69. The van der Waals surface area contributed by atoms with E-state index in [1.807, 2.05) is 18.2 Å². The summed E-state index contributed by atoms with van der Waals surface area (Å²) in [5.74, 6) is 0. The van der Waals surface area contributed by atoms with E-state index in [4.69, 9.17) is 10.8 Å². The van der Waals surface area contributed by atoms with Crippen molar-refractivity contribution in [3.05, 3.63) is 23.8 Å². The molecule has 2 rings (SSSR count). The van der Waals surface area contributed by atoms with Crippen LogP contribution < -0.4 is 16.4 Å². The lowest BCUT2D eigenvalue weighted by molar-refractivity contribution is 0.185. The van der Waals surface area contributed by atoms with Crippen molar-refractivity contribution in [1.29, 1.82) is 0 Å². The van der Waals surface area contributed by atoms with Crippen LogP contribution in [0.1, 0.15) is 5.56 Å². The van der Waals surface area contributed by atoms with E-state index in [0.717, 1.165) is 17.8 Å². The molecule has 1 aromatic carbocycles. The smallest absolute Gasteiger partial charge is 0.0877 e. The number of anilines is 2. The second-order valence-electron chi connectivity index (χ2n) is 4.37. The number of β-amino-alcohol motifs (C(OH)–C–C–N with tert-alkyl or cyclic N) is 1. The lowest BCUT2D eigenvalue weighted by Gasteiger charge is -2.19. The molecule has 2 unspecified atom stereocenters. The molecule has 1 aromatic rings. The van der Waals surface area contributed by atoms with Crippen molar-refractivity contribution in [3.8, 4) is 0 Å². The number of nitrogens with two attached hydrogens (primary N) is 1. The van der Waals surface area contributed by atoms with Gasteiger partial charge >= 0.3 is 0 Å². The lowest BCUT2D eigenvalue weighted by atomic mass is 10.1. The van der Waals surface area contributed by atoms with Crippen LogP contribution in [0.4, 0.5) is 11.4 Å². The fourth-order valence-corrected chi connectivity index (χ4v) is 2.09. The third-order valence-corrected chi connectivity index (χ3v) is 3.03. The molecular formula is C12H19N3O2. The van der Waals surface area contributed by atoms with Gasteiger partial charge in [0.15, 0.2) is 0 Å². The van der Waals surface area contributed by atoms with E-state index in [-0.39, 0.29) is 18.8 Å². The van der Waals surface area contributed by atoms with Crippen molar-refractivity contribution in [2.75, 3.05) is 30.7 Å². The van der Waals surface area contributed by atoms with Gasteiger partial charge in [-0.05, 0) is 30.2 Å². The van der Waals surface area contributed by atoms with Gasteiger partial charge in [0.05, 0.1) is 12.1 Å². The van der Waals surface area contributed by atoms with Crippen LogP contribution >= 0.6 is 0 Å². The Bertz CT molecular complexity index is 384. The molecule has 0 spiro atoms. The molecule has 5 nitrogen and oxygen atoms in total. The van der Waals surface area contributed by atoms with E-state index in [0.29, 0.717) is 18.7 Å². The fraction of sp³-hybridized carbons (Fsp3) is 0.500. The molecule has 0 bridgehead atoms. The van der Waals surface area contributed by atoms with E-state index in [2.05, 4.69) is 10.6 Å². The molecule has 0 saturated carbocycles. The van der Waals surface area contributed by atoms with Gasteiger partial charge < -0.3 is 26.6 Å². The SMILES string of the molecule is Nc1ccc(NC2CNCC2O)c(CCO)c1. The van der Waals surface area contributed by atoms with Crippen LogP contribution in [0.15, 0.2) is 18.2 Å². The van der Waals surface area contributed by atoms with Crippen LogP contribution in [0.5, 0.6) is 0 Å². The van der Waals surface area contributed by atoms with Crippen molar-refractivity contribution >= 4 is 11.4 Å². The normalized spacial score (nSPS) is 23.9. The zero-order valence-corrected chi connectivity index (χ0v) is 9.69. The van der Waals surface area contributed by atoms with Crippen molar-refractivity contribution < 1.29 is 10.2 Å². The molecular weight excluding hydrogens is 218 g/mol. The quantitative estimate of drug-likeness (QED) is 0.458. The summed E-state index contributed by atoms with van der Waals surface area (Å²) in [6.45, 7) is 1.44. The van der Waals surface area contributed by atoms with E-state index in [9.17, 15) is 5.11 Å². The van der Waals surface area contributed by atoms with Gasteiger partial charge in [-0.2, -0.15) is 0 Å². The minimum Gasteiger partial charge on any atom is -0.399 e. The first kappa shape index (κ1) is 12.2. The number of benzene rings is 1. The number of aliphatic hydroxyl groups is 2. The molecule has 94 valence electrons. The molecule has 0 amide bonds. The summed E-state index contributed by atoms with van der Waals surface area (Å²) in [7, 11) is 0. The monoisotopic (exact) mass is 237 g/mol. The van der Waals surface area contributed by atoms with Gasteiger partial charge in [0.25, 0.3) is 0 Å². The summed E-state index contributed by atoms with van der Waals surface area (Å²) < 4.78 is 0. The van der Waals surface area contributed by atoms with Gasteiger partial charge in [0.2, 0.25) is 0 Å². The molecule has 1 aliphatic rings. The van der Waals surface area contributed by atoms with Crippen LogP contribution in [0.25, 0.3) is 0 Å². The highest BCUT2D eigenvalue weighted by molar-refractivity contribution is 5.59. The molecule has 0 aromatic heterocycles.